The summed E-state index contributed by atoms with van der Waals surface area (Å²) >= 11 is 3.24. The maximum atomic E-state index is 12.0. The zero-order valence-electron chi connectivity index (χ0n) is 11.8. The molecule has 122 valence electrons. The van der Waals surface area contributed by atoms with Crippen LogP contribution in [0.5, 0.6) is 5.75 Å². The van der Waals surface area contributed by atoms with Crippen LogP contribution < -0.4 is 15.6 Å². The lowest BCUT2D eigenvalue weighted by molar-refractivity contribution is -0.0498. The van der Waals surface area contributed by atoms with Crippen molar-refractivity contribution in [2.75, 3.05) is 0 Å². The van der Waals surface area contributed by atoms with Crippen LogP contribution in [0.25, 0.3) is 0 Å². The van der Waals surface area contributed by atoms with Gasteiger partial charge in [0.05, 0.1) is 0 Å². The number of aromatic nitrogens is 1. The highest BCUT2D eigenvalue weighted by Gasteiger charge is 2.13. The monoisotopic (exact) mass is 387 g/mol. The van der Waals surface area contributed by atoms with Crippen LogP contribution >= 0.6 is 15.9 Å². The van der Waals surface area contributed by atoms with E-state index in [9.17, 15) is 18.4 Å². The Kier molecular flexibility index (Phi) is 5.32. The van der Waals surface area contributed by atoms with Gasteiger partial charge in [0.25, 0.3) is 11.8 Å². The Hall–Kier alpha value is -2.42. The summed E-state index contributed by atoms with van der Waals surface area (Å²) in [4.78, 5) is 23.8. The number of ether oxygens (including phenoxy) is 1. The van der Waals surface area contributed by atoms with Gasteiger partial charge in [-0.15, -0.1) is 0 Å². The normalized spacial score (nSPS) is 10.5. The first kappa shape index (κ1) is 16.9. The smallest absolute Gasteiger partial charge is 0.387 e. The van der Waals surface area contributed by atoms with E-state index in [4.69, 9.17) is 0 Å². The van der Waals surface area contributed by atoms with Crippen molar-refractivity contribution in [2.24, 2.45) is 7.05 Å². The van der Waals surface area contributed by atoms with Gasteiger partial charge in [-0.25, -0.2) is 0 Å². The molecule has 23 heavy (non-hydrogen) atoms. The fourth-order valence-corrected chi connectivity index (χ4v) is 2.31. The lowest BCUT2D eigenvalue weighted by Crippen LogP contribution is -2.42. The van der Waals surface area contributed by atoms with Crippen molar-refractivity contribution >= 4 is 27.7 Å². The molecule has 0 aliphatic rings. The predicted molar refractivity (Wildman–Crippen MR) is 81.1 cm³/mol. The highest BCUT2D eigenvalue weighted by molar-refractivity contribution is 9.10. The van der Waals surface area contributed by atoms with E-state index in [1.807, 2.05) is 0 Å². The number of rotatable bonds is 4. The van der Waals surface area contributed by atoms with Crippen molar-refractivity contribution in [1.82, 2.24) is 15.4 Å². The number of aryl methyl sites for hydroxylation is 1. The summed E-state index contributed by atoms with van der Waals surface area (Å²) in [5.41, 5.74) is 5.03. The molecule has 1 aromatic heterocycles. The second-order valence-electron chi connectivity index (χ2n) is 4.47. The van der Waals surface area contributed by atoms with Crippen molar-refractivity contribution in [3.63, 3.8) is 0 Å². The van der Waals surface area contributed by atoms with Crippen LogP contribution in [0.4, 0.5) is 8.78 Å². The minimum atomic E-state index is -2.93. The predicted octanol–water partition coefficient (Wildman–Crippen LogP) is 2.46. The third kappa shape index (κ3) is 4.52. The number of carbonyl (C=O) groups excluding carboxylic acids is 2. The van der Waals surface area contributed by atoms with Gasteiger partial charge in [-0.1, -0.05) is 0 Å². The summed E-state index contributed by atoms with van der Waals surface area (Å²) in [6.45, 7) is -2.93. The zero-order chi connectivity index (χ0) is 17.0. The second-order valence-corrected chi connectivity index (χ2v) is 5.38. The molecule has 1 aromatic carbocycles. The summed E-state index contributed by atoms with van der Waals surface area (Å²) in [5.74, 6) is -1.14. The van der Waals surface area contributed by atoms with Crippen molar-refractivity contribution in [3.05, 3.63) is 52.3 Å². The Bertz CT molecular complexity index is 717. The molecular weight excluding hydrogens is 376 g/mol. The number of halogens is 3. The van der Waals surface area contributed by atoms with Gasteiger partial charge in [0.15, 0.2) is 0 Å². The topological polar surface area (TPSA) is 72.4 Å². The maximum absolute atomic E-state index is 12.0. The number of hydrogen-bond acceptors (Lipinski definition) is 3. The van der Waals surface area contributed by atoms with E-state index >= 15 is 0 Å². The van der Waals surface area contributed by atoms with Gasteiger partial charge in [-0.2, -0.15) is 8.78 Å². The molecule has 0 radical (unpaired) electrons. The molecule has 1 heterocycles. The zero-order valence-corrected chi connectivity index (χ0v) is 13.4. The van der Waals surface area contributed by atoms with Crippen molar-refractivity contribution in [2.45, 2.75) is 6.61 Å². The van der Waals surface area contributed by atoms with E-state index in [1.165, 1.54) is 24.3 Å². The molecule has 0 spiro atoms. The highest BCUT2D eigenvalue weighted by atomic mass is 79.9. The molecule has 0 aliphatic carbocycles. The second kappa shape index (κ2) is 7.23. The standard InChI is InChI=1S/C14H12BrF2N3O3/c1-20-7-9(15)6-11(20)13(22)19-18-12(21)8-2-4-10(5-3-8)23-14(16)17/h2-7,14H,1H3,(H,18,21)(H,19,22). The van der Waals surface area contributed by atoms with E-state index in [-0.39, 0.29) is 11.3 Å². The molecule has 0 atom stereocenters. The average Bonchev–Trinajstić information content (AvgIpc) is 2.83. The number of amides is 2. The van der Waals surface area contributed by atoms with Crippen LogP contribution in [0.1, 0.15) is 20.8 Å². The third-order valence-corrected chi connectivity index (χ3v) is 3.27. The van der Waals surface area contributed by atoms with E-state index in [0.717, 1.165) is 4.47 Å². The number of hydrazine groups is 1. The molecule has 2 N–H and O–H groups in total. The Labute approximate surface area is 138 Å². The van der Waals surface area contributed by atoms with Crippen LogP contribution in [0.3, 0.4) is 0 Å². The lowest BCUT2D eigenvalue weighted by Gasteiger charge is -2.09. The van der Waals surface area contributed by atoms with E-state index in [0.29, 0.717) is 5.69 Å². The highest BCUT2D eigenvalue weighted by Crippen LogP contribution is 2.15. The van der Waals surface area contributed by atoms with Gasteiger partial charge < -0.3 is 9.30 Å². The third-order valence-electron chi connectivity index (χ3n) is 2.84. The Balaban J connectivity index is 1.94. The largest absolute Gasteiger partial charge is 0.435 e. The van der Waals surface area contributed by atoms with Crippen LogP contribution in [-0.4, -0.2) is 23.0 Å². The fourth-order valence-electron chi connectivity index (χ4n) is 1.79. The molecule has 0 bridgehead atoms. The molecule has 2 amide bonds. The van der Waals surface area contributed by atoms with Crippen LogP contribution in [0.15, 0.2) is 41.0 Å². The average molecular weight is 388 g/mol. The molecule has 0 saturated carbocycles. The van der Waals surface area contributed by atoms with Crippen LogP contribution in [-0.2, 0) is 7.05 Å². The first-order valence-electron chi connectivity index (χ1n) is 6.34. The summed E-state index contributed by atoms with van der Waals surface area (Å²) in [5, 5.41) is 0. The molecule has 0 fully saturated rings. The maximum Gasteiger partial charge on any atom is 0.387 e. The minimum absolute atomic E-state index is 0.0609. The Morgan fingerprint density at radius 2 is 1.78 bits per heavy atom. The quantitative estimate of drug-likeness (QED) is 0.791. The van der Waals surface area contributed by atoms with Gasteiger partial charge in [0.1, 0.15) is 11.4 Å². The molecule has 9 heteroatoms. The van der Waals surface area contributed by atoms with E-state index < -0.39 is 18.4 Å². The minimum Gasteiger partial charge on any atom is -0.435 e. The molecule has 0 saturated heterocycles. The Morgan fingerprint density at radius 1 is 1.17 bits per heavy atom. The molecule has 2 aromatic rings. The van der Waals surface area contributed by atoms with Crippen molar-refractivity contribution in [1.29, 1.82) is 0 Å². The van der Waals surface area contributed by atoms with Gasteiger partial charge in [0.2, 0.25) is 0 Å². The fraction of sp³-hybridized carbons (Fsp3) is 0.143. The first-order valence-corrected chi connectivity index (χ1v) is 7.13. The summed E-state index contributed by atoms with van der Waals surface area (Å²) in [6, 6.07) is 6.67. The Morgan fingerprint density at radius 3 is 2.30 bits per heavy atom. The van der Waals surface area contributed by atoms with Gasteiger partial charge >= 0.3 is 6.61 Å². The van der Waals surface area contributed by atoms with Crippen LogP contribution in [0.2, 0.25) is 0 Å². The summed E-state index contributed by atoms with van der Waals surface area (Å²) in [6.07, 6.45) is 1.69. The van der Waals surface area contributed by atoms with Crippen molar-refractivity contribution < 1.29 is 23.1 Å². The number of nitrogens with zero attached hydrogens (tertiary/aromatic N) is 1. The number of carbonyl (C=O) groups is 2. The number of alkyl halides is 2. The summed E-state index contributed by atoms with van der Waals surface area (Å²) in [7, 11) is 1.68. The molecule has 0 aliphatic heterocycles. The van der Waals surface area contributed by atoms with Gasteiger partial charge in [-0.05, 0) is 46.3 Å². The lowest BCUT2D eigenvalue weighted by atomic mass is 10.2. The molecule has 0 unspecified atom stereocenters. The number of benzene rings is 1. The number of hydrogen-bond donors (Lipinski definition) is 2. The van der Waals surface area contributed by atoms with Crippen molar-refractivity contribution in [3.8, 4) is 5.75 Å². The van der Waals surface area contributed by atoms with Crippen LogP contribution in [0, 0.1) is 0 Å². The number of nitrogens with one attached hydrogen (secondary N) is 2. The first-order chi connectivity index (χ1) is 10.9. The van der Waals surface area contributed by atoms with Gasteiger partial charge in [0, 0.05) is 23.3 Å². The molecule has 6 nitrogen and oxygen atoms in total. The summed E-state index contributed by atoms with van der Waals surface area (Å²) < 4.78 is 30.6. The van der Waals surface area contributed by atoms with E-state index in [2.05, 4.69) is 31.5 Å². The van der Waals surface area contributed by atoms with E-state index in [1.54, 1.807) is 23.9 Å². The SMILES string of the molecule is Cn1cc(Br)cc1C(=O)NNC(=O)c1ccc(OC(F)F)cc1. The molecule has 2 rings (SSSR count). The van der Waals surface area contributed by atoms with Gasteiger partial charge in [-0.3, -0.25) is 20.4 Å². The molecular formula is C14H12BrF2N3O3.